The van der Waals surface area contributed by atoms with E-state index in [1.165, 1.54) is 0 Å². The highest BCUT2D eigenvalue weighted by Gasteiger charge is 2.32. The topological polar surface area (TPSA) is 61.4 Å². The molecule has 8 heteroatoms. The number of para-hydroxylation sites is 2. The van der Waals surface area contributed by atoms with Gasteiger partial charge in [-0.2, -0.15) is 9.37 Å². The summed E-state index contributed by atoms with van der Waals surface area (Å²) in [5.74, 6) is -0.524. The highest BCUT2D eigenvalue weighted by Crippen LogP contribution is 2.43. The molecule has 0 fully saturated rings. The fraction of sp³-hybridized carbons (Fsp3) is 0.149. The number of hydrogen-bond acceptors (Lipinski definition) is 4. The van der Waals surface area contributed by atoms with Gasteiger partial charge in [-0.1, -0.05) is 130 Å². The summed E-state index contributed by atoms with van der Waals surface area (Å²) in [4.78, 5) is 19.3. The second kappa shape index (κ2) is 14.0. The Bertz CT molecular complexity index is 2720. The summed E-state index contributed by atoms with van der Waals surface area (Å²) in [5, 5.41) is 1.85. The number of hydrogen-bond donors (Lipinski definition) is 0. The first kappa shape index (κ1) is 34.2. The zero-order valence-electron chi connectivity index (χ0n) is 30.8. The minimum atomic E-state index is -0.848. The van der Waals surface area contributed by atoms with E-state index in [2.05, 4.69) is 37.9 Å². The molecular formula is C47H38F2N6. The summed E-state index contributed by atoms with van der Waals surface area (Å²) < 4.78 is 39.4. The summed E-state index contributed by atoms with van der Waals surface area (Å²) in [6, 6.07) is 36.5. The van der Waals surface area contributed by atoms with Crippen LogP contribution >= 0.6 is 0 Å². The third-order valence-corrected chi connectivity index (χ3v) is 10.3. The van der Waals surface area contributed by atoms with Crippen LogP contribution in [0, 0.1) is 17.7 Å². The minimum Gasteiger partial charge on any atom is -0.305 e. The molecule has 0 bridgehead atoms. The van der Waals surface area contributed by atoms with Crippen molar-refractivity contribution < 1.29 is 8.78 Å². The molecule has 1 aliphatic rings. The van der Waals surface area contributed by atoms with Gasteiger partial charge in [-0.15, -0.1) is 0 Å². The lowest BCUT2D eigenvalue weighted by Gasteiger charge is -2.21. The zero-order chi connectivity index (χ0) is 37.6. The van der Waals surface area contributed by atoms with Crippen LogP contribution in [0.5, 0.6) is 0 Å². The van der Waals surface area contributed by atoms with Crippen LogP contribution < -0.4 is 0 Å². The quantitative estimate of drug-likeness (QED) is 0.146. The Morgan fingerprint density at radius 1 is 0.727 bits per heavy atom. The highest BCUT2D eigenvalue weighted by atomic mass is 19.1. The van der Waals surface area contributed by atoms with Crippen LogP contribution in [-0.2, 0) is 0 Å². The smallest absolute Gasteiger partial charge is 0.240 e. The van der Waals surface area contributed by atoms with Crippen LogP contribution in [-0.4, -0.2) is 29.1 Å². The van der Waals surface area contributed by atoms with Gasteiger partial charge in [0.05, 0.1) is 22.3 Å². The zero-order valence-corrected chi connectivity index (χ0v) is 30.8. The van der Waals surface area contributed by atoms with Gasteiger partial charge in [0.1, 0.15) is 5.69 Å². The average molecular weight is 725 g/mol. The number of pyridine rings is 1. The Balaban J connectivity index is 1.41. The van der Waals surface area contributed by atoms with Crippen molar-refractivity contribution in [3.8, 4) is 45.7 Å². The molecule has 0 spiro atoms. The Morgan fingerprint density at radius 3 is 2.04 bits per heavy atom. The molecule has 1 aliphatic carbocycles. The van der Waals surface area contributed by atoms with E-state index < -0.39 is 11.8 Å². The Labute approximate surface area is 318 Å². The number of fused-ring (bicyclic) bond motifs is 4. The maximum absolute atomic E-state index is 18.3. The van der Waals surface area contributed by atoms with Crippen LogP contribution in [0.2, 0.25) is 0 Å². The molecule has 9 rings (SSSR count). The molecule has 4 aromatic heterocycles. The number of nitrogens with zero attached hydrogens (tertiary/aromatic N) is 6. The molecule has 0 N–H and O–H groups in total. The summed E-state index contributed by atoms with van der Waals surface area (Å²) in [7, 11) is 0. The maximum Gasteiger partial charge on any atom is 0.240 e. The van der Waals surface area contributed by atoms with Gasteiger partial charge in [-0.3, -0.25) is 4.57 Å². The molecule has 55 heavy (non-hydrogen) atoms. The van der Waals surface area contributed by atoms with Gasteiger partial charge < -0.3 is 4.57 Å². The normalized spacial score (nSPS) is 14.1. The monoisotopic (exact) mass is 724 g/mol. The lowest BCUT2D eigenvalue weighted by molar-refractivity contribution is 0.547. The van der Waals surface area contributed by atoms with Gasteiger partial charge >= 0.3 is 0 Å². The SMILES string of the molecule is CC(C)C/C=C\c1cc2ccccc2n1-c1nc(F)c(-n2c3c(c4ccccc42)C(C)CC=C3)c(-c2nc(-c3ccccc3)nc(-c3ccccc3)n2)c1F. The van der Waals surface area contributed by atoms with Crippen molar-refractivity contribution in [2.45, 2.75) is 39.5 Å². The predicted octanol–water partition coefficient (Wildman–Crippen LogP) is 12.0. The van der Waals surface area contributed by atoms with Crippen molar-refractivity contribution in [2.24, 2.45) is 5.92 Å². The predicted molar refractivity (Wildman–Crippen MR) is 218 cm³/mol. The molecular weight excluding hydrogens is 687 g/mol. The maximum atomic E-state index is 18.3. The molecule has 1 unspecified atom stereocenters. The van der Waals surface area contributed by atoms with Crippen LogP contribution in [0.3, 0.4) is 0 Å². The third-order valence-electron chi connectivity index (χ3n) is 10.3. The first-order chi connectivity index (χ1) is 26.9. The molecule has 4 aromatic carbocycles. The summed E-state index contributed by atoms with van der Waals surface area (Å²) in [6.07, 6.45) is 9.77. The van der Waals surface area contributed by atoms with Gasteiger partial charge in [0.25, 0.3) is 0 Å². The summed E-state index contributed by atoms with van der Waals surface area (Å²) >= 11 is 0. The second-order valence-electron chi connectivity index (χ2n) is 14.5. The van der Waals surface area contributed by atoms with Crippen molar-refractivity contribution in [3.05, 3.63) is 156 Å². The van der Waals surface area contributed by atoms with E-state index in [4.69, 9.17) is 15.0 Å². The fourth-order valence-electron chi connectivity index (χ4n) is 7.70. The molecule has 0 aliphatic heterocycles. The molecule has 0 radical (unpaired) electrons. The molecule has 270 valence electrons. The molecule has 0 amide bonds. The summed E-state index contributed by atoms with van der Waals surface area (Å²) in [6.45, 7) is 6.44. The molecule has 0 saturated heterocycles. The van der Waals surface area contributed by atoms with Crippen molar-refractivity contribution in [1.29, 1.82) is 0 Å². The van der Waals surface area contributed by atoms with Gasteiger partial charge in [-0.05, 0) is 60.6 Å². The molecule has 1 atom stereocenters. The number of allylic oxidation sites excluding steroid dienone is 2. The molecule has 4 heterocycles. The highest BCUT2D eigenvalue weighted by molar-refractivity contribution is 5.93. The third kappa shape index (κ3) is 6.04. The largest absolute Gasteiger partial charge is 0.305 e. The Kier molecular flexibility index (Phi) is 8.73. The second-order valence-corrected chi connectivity index (χ2v) is 14.5. The average Bonchev–Trinajstić information content (AvgIpc) is 3.75. The van der Waals surface area contributed by atoms with Gasteiger partial charge in [0.15, 0.2) is 29.1 Å². The van der Waals surface area contributed by atoms with Gasteiger partial charge in [0.2, 0.25) is 5.95 Å². The van der Waals surface area contributed by atoms with Gasteiger partial charge in [-0.25, -0.2) is 19.3 Å². The first-order valence-corrected chi connectivity index (χ1v) is 18.7. The van der Waals surface area contributed by atoms with Crippen molar-refractivity contribution in [2.75, 3.05) is 0 Å². The van der Waals surface area contributed by atoms with Crippen LogP contribution in [0.25, 0.3) is 79.6 Å². The number of rotatable bonds is 8. The van der Waals surface area contributed by atoms with E-state index in [1.54, 1.807) is 9.13 Å². The Morgan fingerprint density at radius 2 is 1.35 bits per heavy atom. The van der Waals surface area contributed by atoms with Crippen LogP contribution in [0.1, 0.15) is 56.5 Å². The standard InChI is InChI=1S/C47H38F2N6/c1-29(2)16-14-23-34-28-33-22-10-12-25-36(33)54(34)47-41(48)40(46-52-44(31-18-6-4-7-19-31)51-45(53-46)32-20-8-5-9-21-32)42(43(49)50-47)55-37-26-13-11-24-35(37)39-30(3)17-15-27-38(39)55/h4-15,18-30H,16-17H2,1-3H3/b23-14-. The molecule has 6 nitrogen and oxygen atoms in total. The fourth-order valence-corrected chi connectivity index (χ4v) is 7.70. The van der Waals surface area contributed by atoms with Gasteiger partial charge in [0, 0.05) is 27.6 Å². The number of benzene rings is 4. The molecule has 8 aromatic rings. The first-order valence-electron chi connectivity index (χ1n) is 18.7. The van der Waals surface area contributed by atoms with E-state index >= 15 is 8.78 Å². The van der Waals surface area contributed by atoms with E-state index in [1.807, 2.05) is 127 Å². The van der Waals surface area contributed by atoms with E-state index in [9.17, 15) is 0 Å². The van der Waals surface area contributed by atoms with Crippen molar-refractivity contribution in [3.63, 3.8) is 0 Å². The lowest BCUT2D eigenvalue weighted by Crippen LogP contribution is -2.14. The lowest BCUT2D eigenvalue weighted by atomic mass is 9.91. The van der Waals surface area contributed by atoms with Crippen molar-refractivity contribution in [1.82, 2.24) is 29.1 Å². The van der Waals surface area contributed by atoms with Crippen molar-refractivity contribution >= 4 is 34.0 Å². The van der Waals surface area contributed by atoms with E-state index in [-0.39, 0.29) is 28.8 Å². The van der Waals surface area contributed by atoms with E-state index in [0.717, 1.165) is 51.5 Å². The molecule has 0 saturated carbocycles. The minimum absolute atomic E-state index is 0.00418. The van der Waals surface area contributed by atoms with E-state index in [0.29, 0.717) is 28.8 Å². The van der Waals surface area contributed by atoms with Crippen LogP contribution in [0.4, 0.5) is 8.78 Å². The number of halogens is 2. The van der Waals surface area contributed by atoms with Crippen LogP contribution in [0.15, 0.2) is 127 Å². The number of aromatic nitrogens is 6. The summed E-state index contributed by atoms with van der Waals surface area (Å²) in [5.41, 5.74) is 5.23. The Hall–Kier alpha value is -6.54.